The Hall–Kier alpha value is -1.67. The second kappa shape index (κ2) is 6.92. The fourth-order valence-electron chi connectivity index (χ4n) is 1.72. The molecule has 0 amide bonds. The van der Waals surface area contributed by atoms with E-state index in [0.29, 0.717) is 4.57 Å². The van der Waals surface area contributed by atoms with Crippen molar-refractivity contribution >= 4 is 30.4 Å². The van der Waals surface area contributed by atoms with Crippen molar-refractivity contribution in [2.75, 3.05) is 0 Å². The zero-order valence-electron chi connectivity index (χ0n) is 12.8. The van der Waals surface area contributed by atoms with Gasteiger partial charge < -0.3 is 0 Å². The minimum absolute atomic E-state index is 0.162. The van der Waals surface area contributed by atoms with Gasteiger partial charge in [0.1, 0.15) is 0 Å². The fourth-order valence-corrected chi connectivity index (χ4v) is 8.52. The molecule has 0 atom stereocenters. The van der Waals surface area contributed by atoms with Crippen LogP contribution in [0.2, 0.25) is 0 Å². The van der Waals surface area contributed by atoms with Crippen molar-refractivity contribution in [2.45, 2.75) is 5.51 Å². The molecule has 12 heteroatoms. The van der Waals surface area contributed by atoms with Gasteiger partial charge in [-0.05, 0) is 0 Å². The second-order valence-electron chi connectivity index (χ2n) is 4.74. The van der Waals surface area contributed by atoms with Crippen molar-refractivity contribution in [1.82, 2.24) is 9.13 Å². The van der Waals surface area contributed by atoms with Gasteiger partial charge in [-0.25, -0.2) is 0 Å². The van der Waals surface area contributed by atoms with Gasteiger partial charge in [0, 0.05) is 0 Å². The molecule has 25 heavy (non-hydrogen) atoms. The van der Waals surface area contributed by atoms with Crippen molar-refractivity contribution < 1.29 is 24.1 Å². The van der Waals surface area contributed by atoms with E-state index in [0.717, 1.165) is 17.8 Å². The number of rotatable bonds is 4. The van der Waals surface area contributed by atoms with Crippen LogP contribution in [0.5, 0.6) is 0 Å². The van der Waals surface area contributed by atoms with E-state index in [9.17, 15) is 31.2 Å². The van der Waals surface area contributed by atoms with Gasteiger partial charge in [0.2, 0.25) is 0 Å². The molecule has 0 bridgehead atoms. The van der Waals surface area contributed by atoms with E-state index in [2.05, 4.69) is 2.51 Å². The Morgan fingerprint density at radius 1 is 1.08 bits per heavy atom. The second-order valence-corrected chi connectivity index (χ2v) is 11.1. The average molecular weight is 492 g/mol. The third-order valence-electron chi connectivity index (χ3n) is 2.95. The molecule has 1 aromatic carbocycles. The maximum absolute atomic E-state index is 12.7. The number of alkyl halides is 3. The molecule has 0 saturated heterocycles. The monoisotopic (exact) mass is 492 g/mol. The first-order valence-corrected chi connectivity index (χ1v) is 10.9. The topological polar surface area (TPSA) is 87.4 Å². The number of hydrogen-bond acceptors (Lipinski definition) is 5. The molecule has 0 saturated carbocycles. The summed E-state index contributed by atoms with van der Waals surface area (Å²) in [4.78, 5) is 24.1. The van der Waals surface area contributed by atoms with E-state index in [-0.39, 0.29) is 7.14 Å². The molecule has 138 valence electrons. The van der Waals surface area contributed by atoms with Gasteiger partial charge in [0.25, 0.3) is 0 Å². The molecule has 1 aromatic heterocycles. The average Bonchev–Trinajstić information content (AvgIpc) is 2.54. The zero-order valence-corrected chi connectivity index (χ0v) is 15.8. The summed E-state index contributed by atoms with van der Waals surface area (Å²) in [6.45, 7) is 0. The van der Waals surface area contributed by atoms with Gasteiger partial charge in [0.05, 0.1) is 0 Å². The molecule has 1 heterocycles. The van der Waals surface area contributed by atoms with Gasteiger partial charge in [-0.3, -0.25) is 0 Å². The molecule has 0 aliphatic heterocycles. The van der Waals surface area contributed by atoms with E-state index < -0.39 is 47.1 Å². The molecule has 0 aliphatic carbocycles. The number of nitrogens with zero attached hydrogens (tertiary/aromatic N) is 2. The Morgan fingerprint density at radius 3 is 2.16 bits per heavy atom. The predicted octanol–water partition coefficient (Wildman–Crippen LogP) is 1.41. The summed E-state index contributed by atoms with van der Waals surface area (Å²) in [6, 6.07) is 7.29. The van der Waals surface area contributed by atoms with Crippen LogP contribution in [0.4, 0.5) is 13.2 Å². The third-order valence-corrected chi connectivity index (χ3v) is 9.95. The molecule has 0 unspecified atom stereocenters. The van der Waals surface area contributed by atoms with Crippen LogP contribution in [-0.2, 0) is 26.7 Å². The van der Waals surface area contributed by atoms with Crippen molar-refractivity contribution in [3.05, 3.63) is 64.5 Å². The van der Waals surface area contributed by atoms with Crippen molar-refractivity contribution in [2.24, 2.45) is 14.1 Å². The summed E-state index contributed by atoms with van der Waals surface area (Å²) >= 11 is -3.81. The molecular weight excluding hydrogens is 480 g/mol. The van der Waals surface area contributed by atoms with Crippen LogP contribution in [0.3, 0.4) is 0 Å². The Morgan fingerprint density at radius 2 is 1.64 bits per heavy atom. The maximum atomic E-state index is 12.7. The van der Waals surface area contributed by atoms with E-state index in [1.54, 1.807) is 6.07 Å². The molecule has 0 radical (unpaired) electrons. The number of hydrogen-bond donors (Lipinski definition) is 0. The van der Waals surface area contributed by atoms with Crippen molar-refractivity contribution in [3.63, 3.8) is 0 Å². The van der Waals surface area contributed by atoms with E-state index in [4.69, 9.17) is 0 Å². The summed E-state index contributed by atoms with van der Waals surface area (Å²) < 4.78 is 67.1. The predicted molar refractivity (Wildman–Crippen MR) is 90.8 cm³/mol. The minimum atomic E-state index is -5.91. The Labute approximate surface area is 147 Å². The first kappa shape index (κ1) is 19.7. The summed E-state index contributed by atoms with van der Waals surface area (Å²) in [5, 5.41) is 0. The molecule has 0 spiro atoms. The van der Waals surface area contributed by atoms with E-state index >= 15 is 0 Å². The summed E-state index contributed by atoms with van der Waals surface area (Å²) in [5.41, 5.74) is -7.21. The van der Waals surface area contributed by atoms with Crippen LogP contribution in [0.25, 0.3) is 0 Å². The van der Waals surface area contributed by atoms with Gasteiger partial charge in [-0.2, -0.15) is 0 Å². The molecule has 0 fully saturated rings. The van der Waals surface area contributed by atoms with Crippen LogP contribution < -0.4 is 11.2 Å². The first-order valence-electron chi connectivity index (χ1n) is 6.48. The number of aryl methyl sites for hydroxylation is 1. The molecule has 7 nitrogen and oxygen atoms in total. The third kappa shape index (κ3) is 3.95. The van der Waals surface area contributed by atoms with Gasteiger partial charge in [-0.15, -0.1) is 0 Å². The fraction of sp³-hybridized carbons (Fsp3) is 0.231. The molecule has 0 N–H and O–H groups in total. The summed E-state index contributed by atoms with van der Waals surface area (Å²) in [7, 11) is -3.47. The Bertz CT molecular complexity index is 999. The SMILES string of the molecule is Cn1cc(I(OS(=O)(=O)C(F)(F)F)c2ccccc2)c(=O)n(C)c1=O. The van der Waals surface area contributed by atoms with Crippen LogP contribution >= 0.6 is 20.2 Å². The van der Waals surface area contributed by atoms with Crippen LogP contribution in [0.15, 0.2) is 46.1 Å². The Balaban J connectivity index is 2.71. The quantitative estimate of drug-likeness (QED) is 0.476. The van der Waals surface area contributed by atoms with Crippen LogP contribution in [0.1, 0.15) is 0 Å². The zero-order chi connectivity index (χ0) is 19.0. The van der Waals surface area contributed by atoms with Crippen molar-refractivity contribution in [1.29, 1.82) is 0 Å². The number of benzene rings is 1. The van der Waals surface area contributed by atoms with E-state index in [1.807, 2.05) is 0 Å². The van der Waals surface area contributed by atoms with Crippen LogP contribution in [0, 0.1) is 7.14 Å². The van der Waals surface area contributed by atoms with Crippen LogP contribution in [-0.4, -0.2) is 23.1 Å². The van der Waals surface area contributed by atoms with Gasteiger partial charge >= 0.3 is 148 Å². The summed E-state index contributed by atoms with van der Waals surface area (Å²) in [6.07, 6.45) is 1.02. The molecular formula is C13H12F3IN2O5S. The standard InChI is InChI=1S/C13H12F3IN2O5S/c1-18-8-10(11(20)19(2)12(18)21)17(9-6-4-3-5-7-9)24-25(22,23)13(14,15)16/h3-8H,1-2H3. The molecule has 2 rings (SSSR count). The molecule has 0 aliphatic rings. The first-order chi connectivity index (χ1) is 11.5. The molecule has 2 aromatic rings. The normalized spacial score (nSPS) is 12.9. The van der Waals surface area contributed by atoms with E-state index in [1.165, 1.54) is 31.3 Å². The number of halogens is 4. The Kier molecular flexibility index (Phi) is 5.44. The van der Waals surface area contributed by atoms with Gasteiger partial charge in [0.15, 0.2) is 0 Å². The van der Waals surface area contributed by atoms with Crippen molar-refractivity contribution in [3.8, 4) is 0 Å². The summed E-state index contributed by atoms with van der Waals surface area (Å²) in [5.74, 6) is 0. The number of aromatic nitrogens is 2. The van der Waals surface area contributed by atoms with Gasteiger partial charge in [-0.1, -0.05) is 0 Å².